The third-order valence-corrected chi connectivity index (χ3v) is 3.44. The molecular weight excluding hydrogens is 293 g/mol. The summed E-state index contributed by atoms with van der Waals surface area (Å²) in [6, 6.07) is 5.50. The molecule has 0 fully saturated rings. The lowest BCUT2D eigenvalue weighted by Gasteiger charge is -2.10. The third-order valence-electron chi connectivity index (χ3n) is 2.62. The Bertz CT molecular complexity index is 722. The summed E-state index contributed by atoms with van der Waals surface area (Å²) in [5.41, 5.74) is 2.56. The van der Waals surface area contributed by atoms with E-state index >= 15 is 0 Å². The molecule has 1 heterocycles. The van der Waals surface area contributed by atoms with E-state index in [1.54, 1.807) is 6.92 Å². The van der Waals surface area contributed by atoms with Crippen molar-refractivity contribution in [2.75, 3.05) is 11.2 Å². The molecule has 1 aromatic carbocycles. The Morgan fingerprint density at radius 1 is 1.52 bits per heavy atom. The highest BCUT2D eigenvalue weighted by molar-refractivity contribution is 7.99. The molecule has 0 unspecified atom stereocenters. The summed E-state index contributed by atoms with van der Waals surface area (Å²) in [6.07, 6.45) is 0. The number of hydrogen-bond donors (Lipinski definition) is 1. The van der Waals surface area contributed by atoms with E-state index in [1.165, 1.54) is 28.6 Å². The molecule has 0 aliphatic heterocycles. The van der Waals surface area contributed by atoms with Crippen molar-refractivity contribution in [3.8, 4) is 6.07 Å². The lowest BCUT2D eigenvalue weighted by Crippen LogP contribution is -2.25. The number of aryl methyl sites for hydroxylation is 1. The predicted octanol–water partition coefficient (Wildman–Crippen LogP) is 2.09. The van der Waals surface area contributed by atoms with Crippen molar-refractivity contribution in [1.29, 1.82) is 5.26 Å². The average Bonchev–Trinajstić information content (AvgIpc) is 2.80. The average molecular weight is 305 g/mol. The number of carbonyl (C=O) groups is 1. The van der Waals surface area contributed by atoms with Gasteiger partial charge in [0.15, 0.2) is 0 Å². The summed E-state index contributed by atoms with van der Waals surface area (Å²) >= 11 is 1.41. The van der Waals surface area contributed by atoms with Crippen LogP contribution in [0.25, 0.3) is 0 Å². The molecule has 2 rings (SSSR count). The van der Waals surface area contributed by atoms with Crippen LogP contribution in [0.4, 0.5) is 4.39 Å². The van der Waals surface area contributed by atoms with Crippen molar-refractivity contribution in [2.24, 2.45) is 0 Å². The van der Waals surface area contributed by atoms with Crippen LogP contribution in [-0.2, 0) is 0 Å². The van der Waals surface area contributed by atoms with Crippen molar-refractivity contribution in [2.45, 2.75) is 19.0 Å². The van der Waals surface area contributed by atoms with E-state index in [-0.39, 0.29) is 11.1 Å². The number of rotatable bonds is 4. The van der Waals surface area contributed by atoms with Crippen LogP contribution >= 0.6 is 11.8 Å². The zero-order valence-electron chi connectivity index (χ0n) is 11.4. The zero-order valence-corrected chi connectivity index (χ0v) is 12.2. The summed E-state index contributed by atoms with van der Waals surface area (Å²) in [6.45, 7) is 3.63. The maximum atomic E-state index is 13.8. The van der Waals surface area contributed by atoms with Gasteiger partial charge in [-0.1, -0.05) is 18.7 Å². The number of nitriles is 1. The van der Waals surface area contributed by atoms with Gasteiger partial charge in [-0.2, -0.15) is 5.26 Å². The maximum absolute atomic E-state index is 13.8. The maximum Gasteiger partial charge on any atom is 0.273 e. The van der Waals surface area contributed by atoms with Gasteiger partial charge in [0.2, 0.25) is 5.16 Å². The minimum atomic E-state index is -0.748. The van der Waals surface area contributed by atoms with Crippen LogP contribution in [0.2, 0.25) is 0 Å². The molecule has 0 saturated heterocycles. The Morgan fingerprint density at radius 2 is 2.29 bits per heavy atom. The number of nitrogens with zero attached hydrogens (tertiary/aromatic N) is 4. The van der Waals surface area contributed by atoms with Gasteiger partial charge in [-0.25, -0.2) is 9.07 Å². The molecule has 8 heteroatoms. The Balaban J connectivity index is 2.26. The number of halogens is 1. The van der Waals surface area contributed by atoms with Crippen molar-refractivity contribution >= 4 is 17.7 Å². The molecule has 0 bridgehead atoms. The molecule has 0 radical (unpaired) electrons. The molecule has 1 N–H and O–H groups in total. The predicted molar refractivity (Wildman–Crippen MR) is 76.0 cm³/mol. The molecule has 0 saturated carbocycles. The van der Waals surface area contributed by atoms with E-state index in [2.05, 4.69) is 15.6 Å². The number of nitrogens with one attached hydrogen (secondary N) is 1. The minimum Gasteiger partial charge on any atom is -0.267 e. The van der Waals surface area contributed by atoms with Gasteiger partial charge in [-0.05, 0) is 30.9 Å². The smallest absolute Gasteiger partial charge is 0.267 e. The van der Waals surface area contributed by atoms with E-state index in [1.807, 2.05) is 13.0 Å². The normalized spacial score (nSPS) is 10.2. The third kappa shape index (κ3) is 3.20. The number of carbonyl (C=O) groups excluding carboxylic acids is 1. The molecular formula is C13H12FN5OS. The van der Waals surface area contributed by atoms with Gasteiger partial charge in [0.05, 0.1) is 17.2 Å². The fourth-order valence-corrected chi connectivity index (χ4v) is 2.29. The molecule has 21 heavy (non-hydrogen) atoms. The van der Waals surface area contributed by atoms with Gasteiger partial charge in [-0.15, -0.1) is 10.2 Å². The van der Waals surface area contributed by atoms with Crippen molar-refractivity contribution in [1.82, 2.24) is 14.9 Å². The number of aromatic nitrogens is 3. The topological polar surface area (TPSA) is 83.6 Å². The van der Waals surface area contributed by atoms with E-state index in [0.29, 0.717) is 11.0 Å². The summed E-state index contributed by atoms with van der Waals surface area (Å²) in [5.74, 6) is -0.118. The highest BCUT2D eigenvalue weighted by Crippen LogP contribution is 2.16. The summed E-state index contributed by atoms with van der Waals surface area (Å²) < 4.78 is 15.2. The second kappa shape index (κ2) is 6.37. The fourth-order valence-electron chi connectivity index (χ4n) is 1.62. The monoisotopic (exact) mass is 305 g/mol. The standard InChI is InChI=1S/C13H12FN5OS/c1-3-21-13-17-16-8(2)19(13)18-12(20)10-5-4-9(7-15)6-11(10)14/h4-6H,3H2,1-2H3,(H,18,20). The van der Waals surface area contributed by atoms with E-state index in [9.17, 15) is 9.18 Å². The highest BCUT2D eigenvalue weighted by Gasteiger charge is 2.16. The first kappa shape index (κ1) is 15.0. The second-order valence-corrected chi connectivity index (χ2v) is 5.28. The largest absolute Gasteiger partial charge is 0.273 e. The van der Waals surface area contributed by atoms with E-state index in [0.717, 1.165) is 11.8 Å². The molecule has 6 nitrogen and oxygen atoms in total. The van der Waals surface area contributed by atoms with Gasteiger partial charge < -0.3 is 0 Å². The zero-order chi connectivity index (χ0) is 15.4. The lowest BCUT2D eigenvalue weighted by atomic mass is 10.1. The van der Waals surface area contributed by atoms with E-state index < -0.39 is 11.7 Å². The van der Waals surface area contributed by atoms with Crippen molar-refractivity contribution in [3.05, 3.63) is 41.0 Å². The summed E-state index contributed by atoms with van der Waals surface area (Å²) in [5, 5.41) is 17.0. The van der Waals surface area contributed by atoms with Crippen LogP contribution in [0.1, 0.15) is 28.7 Å². The van der Waals surface area contributed by atoms with Crippen molar-refractivity contribution < 1.29 is 9.18 Å². The van der Waals surface area contributed by atoms with Crippen LogP contribution in [0, 0.1) is 24.1 Å². The molecule has 0 atom stereocenters. The van der Waals surface area contributed by atoms with Gasteiger partial charge in [0.25, 0.3) is 5.91 Å². The molecule has 2 aromatic rings. The van der Waals surface area contributed by atoms with Crippen LogP contribution < -0.4 is 5.43 Å². The van der Waals surface area contributed by atoms with Crippen molar-refractivity contribution in [3.63, 3.8) is 0 Å². The van der Waals surface area contributed by atoms with Gasteiger partial charge in [-0.3, -0.25) is 10.2 Å². The van der Waals surface area contributed by atoms with Crippen LogP contribution in [0.3, 0.4) is 0 Å². The first-order valence-electron chi connectivity index (χ1n) is 6.12. The molecule has 1 amide bonds. The second-order valence-electron chi connectivity index (χ2n) is 4.05. The first-order chi connectivity index (χ1) is 10.1. The molecule has 0 aliphatic rings. The number of thioether (sulfide) groups is 1. The van der Waals surface area contributed by atoms with Crippen LogP contribution in [0.15, 0.2) is 23.4 Å². The Morgan fingerprint density at radius 3 is 2.90 bits per heavy atom. The Hall–Kier alpha value is -2.40. The quantitative estimate of drug-likeness (QED) is 0.874. The molecule has 0 aliphatic carbocycles. The lowest BCUT2D eigenvalue weighted by molar-refractivity contribution is 0.100. The Labute approximate surface area is 125 Å². The SMILES string of the molecule is CCSc1nnc(C)n1NC(=O)c1ccc(C#N)cc1F. The van der Waals surface area contributed by atoms with E-state index in [4.69, 9.17) is 5.26 Å². The van der Waals surface area contributed by atoms with Crippen LogP contribution in [0.5, 0.6) is 0 Å². The number of benzene rings is 1. The minimum absolute atomic E-state index is 0.144. The number of hydrogen-bond acceptors (Lipinski definition) is 5. The van der Waals surface area contributed by atoms with Gasteiger partial charge in [0.1, 0.15) is 11.6 Å². The summed E-state index contributed by atoms with van der Waals surface area (Å²) in [4.78, 5) is 12.1. The molecule has 0 spiro atoms. The molecule has 1 aromatic heterocycles. The van der Waals surface area contributed by atoms with Crippen LogP contribution in [-0.4, -0.2) is 26.5 Å². The molecule has 108 valence electrons. The summed E-state index contributed by atoms with van der Waals surface area (Å²) in [7, 11) is 0. The highest BCUT2D eigenvalue weighted by atomic mass is 32.2. The fraction of sp³-hybridized carbons (Fsp3) is 0.231. The Kier molecular flexibility index (Phi) is 4.55. The first-order valence-corrected chi connectivity index (χ1v) is 7.11. The van der Waals surface area contributed by atoms with Gasteiger partial charge >= 0.3 is 0 Å². The number of amides is 1. The van der Waals surface area contributed by atoms with Gasteiger partial charge in [0, 0.05) is 0 Å².